The monoisotopic (exact) mass is 356 g/mol. The lowest BCUT2D eigenvalue weighted by atomic mass is 10.2. The average Bonchev–Trinajstić information content (AvgIpc) is 2.97. The van der Waals surface area contributed by atoms with Crippen LogP contribution in [0, 0.1) is 0 Å². The van der Waals surface area contributed by atoms with Crippen molar-refractivity contribution >= 4 is 34.3 Å². The van der Waals surface area contributed by atoms with Crippen LogP contribution in [0.5, 0.6) is 0 Å². The first-order valence-electron chi connectivity index (χ1n) is 8.46. The second-order valence-electron chi connectivity index (χ2n) is 6.00. The number of hydrogen-bond acceptors (Lipinski definition) is 7. The maximum atomic E-state index is 11.9. The van der Waals surface area contributed by atoms with Crippen LogP contribution >= 0.6 is 0 Å². The number of carbonyl (C=O) groups is 1. The maximum absolute atomic E-state index is 11.9. The van der Waals surface area contributed by atoms with Gasteiger partial charge in [-0.2, -0.15) is 0 Å². The molecule has 0 radical (unpaired) electrons. The van der Waals surface area contributed by atoms with Crippen molar-refractivity contribution in [3.05, 3.63) is 36.3 Å². The van der Waals surface area contributed by atoms with Crippen LogP contribution in [0.25, 0.3) is 10.9 Å². The minimum Gasteiger partial charge on any atom is -0.447 e. The van der Waals surface area contributed by atoms with Crippen molar-refractivity contribution in [3.8, 4) is 0 Å². The third-order valence-corrected chi connectivity index (χ3v) is 4.13. The number of ether oxygens (including phenoxy) is 1. The van der Waals surface area contributed by atoms with Gasteiger partial charge in [0, 0.05) is 31.4 Å². The first-order valence-corrected chi connectivity index (χ1v) is 8.46. The topological polar surface area (TPSA) is 106 Å². The van der Waals surface area contributed by atoms with Gasteiger partial charge in [-0.3, -0.25) is 9.89 Å². The number of amides is 1. The Bertz CT molecular complexity index is 899. The van der Waals surface area contributed by atoms with E-state index in [0.717, 1.165) is 16.8 Å². The molecular weight excluding hydrogens is 332 g/mol. The van der Waals surface area contributed by atoms with Crippen molar-refractivity contribution in [1.82, 2.24) is 9.97 Å². The lowest BCUT2D eigenvalue weighted by molar-refractivity contribution is 0.179. The van der Waals surface area contributed by atoms with E-state index in [1.807, 2.05) is 39.0 Å². The Morgan fingerprint density at radius 1 is 1.58 bits per heavy atom. The first-order chi connectivity index (χ1) is 12.5. The van der Waals surface area contributed by atoms with Crippen LogP contribution in [0.3, 0.4) is 0 Å². The summed E-state index contributed by atoms with van der Waals surface area (Å²) >= 11 is 0. The Morgan fingerprint density at radius 2 is 2.38 bits per heavy atom. The molecule has 1 fully saturated rings. The predicted molar refractivity (Wildman–Crippen MR) is 104 cm³/mol. The molecule has 138 valence electrons. The minimum absolute atomic E-state index is 0. The normalized spacial score (nSPS) is 18.3. The number of cyclic esters (lactones) is 1. The molecule has 2 aromatic rings. The summed E-state index contributed by atoms with van der Waals surface area (Å²) in [6.07, 6.45) is 2.82. The van der Waals surface area contributed by atoms with E-state index in [1.54, 1.807) is 11.1 Å². The van der Waals surface area contributed by atoms with Crippen LogP contribution in [0.2, 0.25) is 0 Å². The molecule has 1 aliphatic rings. The highest BCUT2D eigenvalue weighted by Gasteiger charge is 2.30. The molecule has 3 rings (SSSR count). The number of aliphatic imine (C=N–C) groups is 1. The van der Waals surface area contributed by atoms with Crippen molar-refractivity contribution in [2.24, 2.45) is 10.7 Å². The minimum atomic E-state index is -0.344. The van der Waals surface area contributed by atoms with Gasteiger partial charge in [0.05, 0.1) is 23.0 Å². The second kappa shape index (κ2) is 7.38. The fraction of sp³-hybridized carbons (Fsp3) is 0.333. The first kappa shape index (κ1) is 17.7. The molecule has 26 heavy (non-hydrogen) atoms. The molecule has 1 aromatic carbocycles. The van der Waals surface area contributed by atoms with Gasteiger partial charge in [0.1, 0.15) is 6.61 Å². The number of aromatic nitrogens is 2. The number of rotatable bonds is 5. The number of benzene rings is 1. The average molecular weight is 356 g/mol. The van der Waals surface area contributed by atoms with Crippen LogP contribution < -0.4 is 16.0 Å². The fourth-order valence-corrected chi connectivity index (χ4v) is 2.79. The van der Waals surface area contributed by atoms with E-state index in [2.05, 4.69) is 20.3 Å². The molecule has 0 saturated carbocycles. The zero-order valence-corrected chi connectivity index (χ0v) is 15.1. The number of carbonyl (C=O) groups excluding carboxylic acids is 1. The van der Waals surface area contributed by atoms with Gasteiger partial charge in [0.25, 0.3) is 0 Å². The van der Waals surface area contributed by atoms with Crippen LogP contribution in [-0.2, 0) is 4.74 Å². The molecule has 0 spiro atoms. The standard InChI is InChI=1S/C18H22N6O2.H2/c1-4-20-12(3)16(8-19)23-17-21-9-13-5-6-14(7-15(13)22-17)24-11(2)10-26-18(24)25;/h5-9,11H,4,10,19H2,1-3H3,(H,21,22,23);1H/b16-8+,20-12?;/t11-;/m0./s1. The number of hydrogen-bond donors (Lipinski definition) is 2. The van der Waals surface area contributed by atoms with Gasteiger partial charge >= 0.3 is 6.09 Å². The van der Waals surface area contributed by atoms with E-state index in [9.17, 15) is 4.79 Å². The molecule has 8 nitrogen and oxygen atoms in total. The van der Waals surface area contributed by atoms with E-state index in [1.165, 1.54) is 6.20 Å². The van der Waals surface area contributed by atoms with Gasteiger partial charge in [-0.1, -0.05) is 0 Å². The Hall–Kier alpha value is -3.16. The van der Waals surface area contributed by atoms with Crippen molar-refractivity contribution in [2.45, 2.75) is 26.8 Å². The summed E-state index contributed by atoms with van der Waals surface area (Å²) in [7, 11) is 0. The highest BCUT2D eigenvalue weighted by Crippen LogP contribution is 2.26. The number of nitrogens with two attached hydrogens (primary N) is 1. The molecule has 0 aliphatic carbocycles. The van der Waals surface area contributed by atoms with Crippen molar-refractivity contribution in [2.75, 3.05) is 23.4 Å². The summed E-state index contributed by atoms with van der Waals surface area (Å²) < 4.78 is 5.09. The van der Waals surface area contributed by atoms with Gasteiger partial charge in [0.2, 0.25) is 5.95 Å². The van der Waals surface area contributed by atoms with Crippen LogP contribution in [0.15, 0.2) is 41.3 Å². The zero-order chi connectivity index (χ0) is 18.7. The van der Waals surface area contributed by atoms with E-state index < -0.39 is 0 Å². The molecule has 0 bridgehead atoms. The van der Waals surface area contributed by atoms with Crippen LogP contribution in [0.4, 0.5) is 16.4 Å². The van der Waals surface area contributed by atoms with Gasteiger partial charge < -0.3 is 15.8 Å². The van der Waals surface area contributed by atoms with E-state index >= 15 is 0 Å². The molecule has 1 saturated heterocycles. The van der Waals surface area contributed by atoms with E-state index in [0.29, 0.717) is 30.3 Å². The molecule has 1 aliphatic heterocycles. The Kier molecular flexibility index (Phi) is 5.01. The number of nitrogens with one attached hydrogen (secondary N) is 1. The Labute approximate surface area is 153 Å². The summed E-state index contributed by atoms with van der Waals surface area (Å²) in [6.45, 7) is 6.81. The third-order valence-electron chi connectivity index (χ3n) is 4.13. The SMILES string of the molecule is CCN=C(C)/C(=C\N)Nc1ncc2ccc(N3C(=O)OC[C@@H]3C)cc2n1.[HH]. The molecule has 1 amide bonds. The number of nitrogens with zero attached hydrogens (tertiary/aromatic N) is 4. The van der Waals surface area contributed by atoms with Gasteiger partial charge in [-0.15, -0.1) is 0 Å². The van der Waals surface area contributed by atoms with E-state index in [-0.39, 0.29) is 13.6 Å². The van der Waals surface area contributed by atoms with Crippen molar-refractivity contribution in [1.29, 1.82) is 0 Å². The second-order valence-corrected chi connectivity index (χ2v) is 6.00. The van der Waals surface area contributed by atoms with E-state index in [4.69, 9.17) is 10.5 Å². The summed E-state index contributed by atoms with van der Waals surface area (Å²) in [4.78, 5) is 26.7. The van der Waals surface area contributed by atoms with Crippen LogP contribution in [0.1, 0.15) is 22.2 Å². The fourth-order valence-electron chi connectivity index (χ4n) is 2.79. The molecule has 3 N–H and O–H groups in total. The highest BCUT2D eigenvalue weighted by molar-refractivity contribution is 6.00. The van der Waals surface area contributed by atoms with Gasteiger partial charge in [-0.05, 0) is 39.0 Å². The van der Waals surface area contributed by atoms with Crippen LogP contribution in [-0.4, -0.2) is 41.0 Å². The molecule has 8 heteroatoms. The third kappa shape index (κ3) is 3.44. The Balaban J connectivity index is 0.00000261. The number of allylic oxidation sites excluding steroid dienone is 1. The smallest absolute Gasteiger partial charge is 0.414 e. The maximum Gasteiger partial charge on any atom is 0.414 e. The summed E-state index contributed by atoms with van der Waals surface area (Å²) in [5, 5.41) is 3.96. The molecular formula is C18H24N6O2. The van der Waals surface area contributed by atoms with Crippen molar-refractivity contribution < 1.29 is 11.0 Å². The molecule has 1 aromatic heterocycles. The summed E-state index contributed by atoms with van der Waals surface area (Å²) in [5.41, 5.74) is 8.58. The predicted octanol–water partition coefficient (Wildman–Crippen LogP) is 2.91. The van der Waals surface area contributed by atoms with Crippen molar-refractivity contribution in [3.63, 3.8) is 0 Å². The quantitative estimate of drug-likeness (QED) is 0.798. The zero-order valence-electron chi connectivity index (χ0n) is 15.1. The largest absolute Gasteiger partial charge is 0.447 e. The summed E-state index contributed by atoms with van der Waals surface area (Å²) in [6, 6.07) is 5.59. The molecule has 1 atom stereocenters. The summed E-state index contributed by atoms with van der Waals surface area (Å²) in [5.74, 6) is 0.411. The molecule has 0 unspecified atom stereocenters. The van der Waals surface area contributed by atoms with Gasteiger partial charge in [-0.25, -0.2) is 14.8 Å². The molecule has 2 heterocycles. The lowest BCUT2D eigenvalue weighted by Crippen LogP contribution is -2.30. The number of fused-ring (bicyclic) bond motifs is 1. The van der Waals surface area contributed by atoms with Gasteiger partial charge in [0.15, 0.2) is 0 Å². The highest BCUT2D eigenvalue weighted by atomic mass is 16.6. The Morgan fingerprint density at radius 3 is 3.04 bits per heavy atom. The lowest BCUT2D eigenvalue weighted by Gasteiger charge is -2.18. The number of anilines is 2.